The van der Waals surface area contributed by atoms with E-state index in [9.17, 15) is 0 Å². The Bertz CT molecular complexity index is 1090. The van der Waals surface area contributed by atoms with Gasteiger partial charge in [0.15, 0.2) is 0 Å². The van der Waals surface area contributed by atoms with Crippen molar-refractivity contribution >= 4 is 22.2 Å². The van der Waals surface area contributed by atoms with Gasteiger partial charge in [-0.1, -0.05) is 69.2 Å². The number of para-hydroxylation sites is 1. The Balaban J connectivity index is 1.62. The van der Waals surface area contributed by atoms with Gasteiger partial charge in [0.1, 0.15) is 5.01 Å². The highest BCUT2D eigenvalue weighted by Gasteiger charge is 2.14. The molecule has 30 heavy (non-hydrogen) atoms. The van der Waals surface area contributed by atoms with E-state index in [4.69, 9.17) is 10.7 Å². The van der Waals surface area contributed by atoms with E-state index in [2.05, 4.69) is 78.5 Å². The molecule has 0 spiro atoms. The SMILES string of the molecule is CCCC(CCC)c1ccc(Cn2cc(-c3csc(CN)n3)c3ccccc32)cc1. The van der Waals surface area contributed by atoms with Crippen LogP contribution in [0.5, 0.6) is 0 Å². The maximum Gasteiger partial charge on any atom is 0.107 e. The Kier molecular flexibility index (Phi) is 6.66. The summed E-state index contributed by atoms with van der Waals surface area (Å²) in [4.78, 5) is 4.72. The zero-order valence-corrected chi connectivity index (χ0v) is 18.8. The Morgan fingerprint density at radius 3 is 2.40 bits per heavy atom. The van der Waals surface area contributed by atoms with Gasteiger partial charge in [0.25, 0.3) is 0 Å². The number of nitrogens with two attached hydrogens (primary N) is 1. The van der Waals surface area contributed by atoms with Crippen molar-refractivity contribution in [3.63, 3.8) is 0 Å². The fourth-order valence-corrected chi connectivity index (χ4v) is 5.05. The first-order chi connectivity index (χ1) is 14.7. The van der Waals surface area contributed by atoms with E-state index >= 15 is 0 Å². The summed E-state index contributed by atoms with van der Waals surface area (Å²) in [6, 6.07) is 17.9. The molecular formula is C26H31N3S. The second kappa shape index (κ2) is 9.59. The van der Waals surface area contributed by atoms with E-state index in [0.29, 0.717) is 12.5 Å². The predicted octanol–water partition coefficient (Wildman–Crippen LogP) is 6.96. The van der Waals surface area contributed by atoms with Crippen molar-refractivity contribution in [3.05, 3.63) is 76.2 Å². The highest BCUT2D eigenvalue weighted by molar-refractivity contribution is 7.09. The molecular weight excluding hydrogens is 386 g/mol. The second-order valence-electron chi connectivity index (χ2n) is 8.03. The van der Waals surface area contributed by atoms with Crippen molar-refractivity contribution in [2.45, 2.75) is 58.5 Å². The summed E-state index contributed by atoms with van der Waals surface area (Å²) in [6.45, 7) is 5.92. The summed E-state index contributed by atoms with van der Waals surface area (Å²) in [7, 11) is 0. The van der Waals surface area contributed by atoms with Gasteiger partial charge in [-0.15, -0.1) is 11.3 Å². The summed E-state index contributed by atoms with van der Waals surface area (Å²) in [5, 5.41) is 4.34. The van der Waals surface area contributed by atoms with Gasteiger partial charge in [-0.3, -0.25) is 0 Å². The van der Waals surface area contributed by atoms with Crippen molar-refractivity contribution in [1.82, 2.24) is 9.55 Å². The van der Waals surface area contributed by atoms with Crippen LogP contribution in [0, 0.1) is 0 Å². The molecule has 0 fully saturated rings. The van der Waals surface area contributed by atoms with Crippen LogP contribution in [-0.2, 0) is 13.1 Å². The molecule has 0 atom stereocenters. The maximum absolute atomic E-state index is 5.78. The fourth-order valence-electron chi connectivity index (χ4n) is 4.38. The molecule has 3 nitrogen and oxygen atoms in total. The summed E-state index contributed by atoms with van der Waals surface area (Å²) in [5.74, 6) is 0.689. The summed E-state index contributed by atoms with van der Waals surface area (Å²) in [5.41, 5.74) is 12.0. The largest absolute Gasteiger partial charge is 0.342 e. The first-order valence-corrected chi connectivity index (χ1v) is 11.9. The minimum atomic E-state index is 0.493. The Morgan fingerprint density at radius 2 is 1.73 bits per heavy atom. The zero-order chi connectivity index (χ0) is 20.9. The molecule has 2 aromatic carbocycles. The lowest BCUT2D eigenvalue weighted by molar-refractivity contribution is 0.560. The van der Waals surface area contributed by atoms with E-state index < -0.39 is 0 Å². The summed E-state index contributed by atoms with van der Waals surface area (Å²) < 4.78 is 2.34. The van der Waals surface area contributed by atoms with Gasteiger partial charge in [-0.05, 0) is 36.0 Å². The van der Waals surface area contributed by atoms with E-state index in [1.54, 1.807) is 11.3 Å². The lowest BCUT2D eigenvalue weighted by atomic mass is 9.90. The van der Waals surface area contributed by atoms with Gasteiger partial charge < -0.3 is 10.3 Å². The number of nitrogens with zero attached hydrogens (tertiary/aromatic N) is 2. The van der Waals surface area contributed by atoms with Gasteiger partial charge in [0.05, 0.1) is 5.69 Å². The van der Waals surface area contributed by atoms with E-state index in [0.717, 1.165) is 17.2 Å². The maximum atomic E-state index is 5.78. The highest BCUT2D eigenvalue weighted by Crippen LogP contribution is 2.32. The quantitative estimate of drug-likeness (QED) is 0.320. The fraction of sp³-hybridized carbons (Fsp3) is 0.346. The molecule has 2 N–H and O–H groups in total. The van der Waals surface area contributed by atoms with Crippen LogP contribution in [-0.4, -0.2) is 9.55 Å². The van der Waals surface area contributed by atoms with Crippen molar-refractivity contribution < 1.29 is 0 Å². The smallest absolute Gasteiger partial charge is 0.107 e. The Hall–Kier alpha value is -2.43. The minimum absolute atomic E-state index is 0.493. The summed E-state index contributed by atoms with van der Waals surface area (Å²) >= 11 is 1.63. The van der Waals surface area contributed by atoms with Crippen molar-refractivity contribution in [2.24, 2.45) is 5.73 Å². The number of benzene rings is 2. The molecule has 0 aliphatic heterocycles. The van der Waals surface area contributed by atoms with E-state index in [-0.39, 0.29) is 0 Å². The Morgan fingerprint density at radius 1 is 1.00 bits per heavy atom. The number of hydrogen-bond acceptors (Lipinski definition) is 3. The number of fused-ring (bicyclic) bond motifs is 1. The second-order valence-corrected chi connectivity index (χ2v) is 8.98. The van der Waals surface area contributed by atoms with Crippen LogP contribution in [0.4, 0.5) is 0 Å². The molecule has 0 aliphatic rings. The van der Waals surface area contributed by atoms with Crippen molar-refractivity contribution in [2.75, 3.05) is 0 Å². The van der Waals surface area contributed by atoms with Crippen molar-refractivity contribution in [1.29, 1.82) is 0 Å². The third-order valence-electron chi connectivity index (χ3n) is 5.87. The van der Waals surface area contributed by atoms with Crippen LogP contribution in [0.2, 0.25) is 0 Å². The molecule has 0 amide bonds. The third kappa shape index (κ3) is 4.35. The standard InChI is InChI=1S/C26H31N3S/c1-3-7-20(8-4-2)21-13-11-19(12-14-21)16-29-17-23(22-9-5-6-10-25(22)29)24-18-30-26(15-27)28-24/h5-6,9-14,17-18,20H,3-4,7-8,15-16,27H2,1-2H3. The monoisotopic (exact) mass is 417 g/mol. The minimum Gasteiger partial charge on any atom is -0.342 e. The van der Waals surface area contributed by atoms with Gasteiger partial charge in [-0.25, -0.2) is 4.98 Å². The molecule has 2 heterocycles. The van der Waals surface area contributed by atoms with Crippen LogP contribution < -0.4 is 5.73 Å². The highest BCUT2D eigenvalue weighted by atomic mass is 32.1. The third-order valence-corrected chi connectivity index (χ3v) is 6.74. The van der Waals surface area contributed by atoms with E-state index in [1.165, 1.54) is 53.3 Å². The lowest BCUT2D eigenvalue weighted by Gasteiger charge is -2.16. The number of rotatable bonds is 9. The summed E-state index contributed by atoms with van der Waals surface area (Å²) in [6.07, 6.45) is 7.28. The van der Waals surface area contributed by atoms with Crippen LogP contribution >= 0.6 is 11.3 Å². The average Bonchev–Trinajstić information content (AvgIpc) is 3.39. The number of aromatic nitrogens is 2. The Labute approximate surface area is 183 Å². The molecule has 2 aromatic heterocycles. The molecule has 0 radical (unpaired) electrons. The van der Waals surface area contributed by atoms with Crippen LogP contribution in [0.25, 0.3) is 22.2 Å². The first kappa shape index (κ1) is 20.8. The van der Waals surface area contributed by atoms with Crippen molar-refractivity contribution in [3.8, 4) is 11.3 Å². The average molecular weight is 418 g/mol. The van der Waals surface area contributed by atoms with Gasteiger partial charge >= 0.3 is 0 Å². The van der Waals surface area contributed by atoms with Crippen LogP contribution in [0.1, 0.15) is 61.6 Å². The molecule has 4 rings (SSSR count). The molecule has 0 aliphatic carbocycles. The van der Waals surface area contributed by atoms with E-state index in [1.807, 2.05) is 0 Å². The van der Waals surface area contributed by atoms with Gasteiger partial charge in [-0.2, -0.15) is 0 Å². The van der Waals surface area contributed by atoms with Crippen LogP contribution in [0.15, 0.2) is 60.1 Å². The molecule has 0 saturated heterocycles. The number of hydrogen-bond donors (Lipinski definition) is 1. The molecule has 0 unspecified atom stereocenters. The van der Waals surface area contributed by atoms with Crippen LogP contribution in [0.3, 0.4) is 0 Å². The van der Waals surface area contributed by atoms with Gasteiger partial charge in [0, 0.05) is 41.1 Å². The van der Waals surface area contributed by atoms with Gasteiger partial charge in [0.2, 0.25) is 0 Å². The predicted molar refractivity (Wildman–Crippen MR) is 129 cm³/mol. The molecule has 4 heteroatoms. The first-order valence-electron chi connectivity index (χ1n) is 11.0. The lowest BCUT2D eigenvalue weighted by Crippen LogP contribution is -2.01. The zero-order valence-electron chi connectivity index (χ0n) is 18.0. The topological polar surface area (TPSA) is 43.8 Å². The molecule has 156 valence electrons. The normalized spacial score (nSPS) is 11.6. The molecule has 4 aromatic rings. The number of thiazole rings is 1. The molecule has 0 saturated carbocycles. The molecule has 0 bridgehead atoms.